The Morgan fingerprint density at radius 3 is 2.56 bits per heavy atom. The van der Waals surface area contributed by atoms with Gasteiger partial charge in [-0.25, -0.2) is 9.97 Å². The molecular formula is C31H35N9O3. The fraction of sp³-hybridized carbons (Fsp3) is 0.419. The van der Waals surface area contributed by atoms with Crippen LogP contribution in [0.2, 0.25) is 0 Å². The Morgan fingerprint density at radius 1 is 1.02 bits per heavy atom. The molecule has 3 N–H and O–H groups in total. The molecule has 1 aromatic carbocycles. The highest BCUT2D eigenvalue weighted by atomic mass is 16.5. The predicted molar refractivity (Wildman–Crippen MR) is 160 cm³/mol. The van der Waals surface area contributed by atoms with Gasteiger partial charge in [0.1, 0.15) is 17.2 Å². The average molecular weight is 582 g/mol. The summed E-state index contributed by atoms with van der Waals surface area (Å²) in [5, 5.41) is 21.3. The lowest BCUT2D eigenvalue weighted by atomic mass is 9.71. The molecule has 12 nitrogen and oxygen atoms in total. The van der Waals surface area contributed by atoms with Crippen LogP contribution >= 0.6 is 0 Å². The van der Waals surface area contributed by atoms with E-state index < -0.39 is 6.04 Å². The third-order valence-corrected chi connectivity index (χ3v) is 8.90. The van der Waals surface area contributed by atoms with Crippen molar-refractivity contribution in [2.24, 2.45) is 0 Å². The van der Waals surface area contributed by atoms with E-state index >= 15 is 0 Å². The summed E-state index contributed by atoms with van der Waals surface area (Å²) in [5.74, 6) is 2.37. The second-order valence-corrected chi connectivity index (χ2v) is 11.6. The molecule has 4 aromatic rings. The van der Waals surface area contributed by atoms with Gasteiger partial charge < -0.3 is 30.1 Å². The zero-order chi connectivity index (χ0) is 29.4. The van der Waals surface area contributed by atoms with Gasteiger partial charge in [0.2, 0.25) is 5.95 Å². The first kappa shape index (κ1) is 27.4. The number of carbonyl (C=O) groups excluding carboxylic acids is 1. The van der Waals surface area contributed by atoms with Crippen molar-refractivity contribution in [1.29, 1.82) is 0 Å². The van der Waals surface area contributed by atoms with Gasteiger partial charge in [0.05, 0.1) is 30.5 Å². The summed E-state index contributed by atoms with van der Waals surface area (Å²) in [6.07, 6.45) is 5.60. The topological polar surface area (TPSA) is 145 Å². The fourth-order valence-corrected chi connectivity index (χ4v) is 6.38. The number of fused-ring (bicyclic) bond motifs is 4. The van der Waals surface area contributed by atoms with Crippen LogP contribution in [0.4, 0.5) is 17.6 Å². The van der Waals surface area contributed by atoms with E-state index in [4.69, 9.17) is 14.5 Å². The van der Waals surface area contributed by atoms with Crippen molar-refractivity contribution in [3.05, 3.63) is 71.3 Å². The first-order valence-electron chi connectivity index (χ1n) is 15.0. The maximum absolute atomic E-state index is 12.7. The molecule has 3 aromatic heterocycles. The molecule has 12 heteroatoms. The Labute approximate surface area is 249 Å². The van der Waals surface area contributed by atoms with Crippen LogP contribution in [-0.2, 0) is 12.0 Å². The largest absolute Gasteiger partial charge is 0.394 e. The Hall–Kier alpha value is -4.42. The van der Waals surface area contributed by atoms with Crippen LogP contribution < -0.4 is 10.6 Å². The molecule has 0 unspecified atom stereocenters. The smallest absolute Gasteiger partial charge is 0.263 e. The maximum atomic E-state index is 12.7. The number of aliphatic hydroxyl groups is 1. The molecule has 4 aliphatic heterocycles. The summed E-state index contributed by atoms with van der Waals surface area (Å²) < 4.78 is 5.83. The van der Waals surface area contributed by atoms with Crippen LogP contribution in [0.15, 0.2) is 53.2 Å². The number of piperidine rings is 3. The minimum atomic E-state index is -0.431. The number of aromatic nitrogens is 5. The number of pyridine rings is 1. The standard InChI is InChI=1S/C31H35N9O3/c1-2-13-40-18-23-21(28(40)42)8-9-25(33-23)35-30-32-17-22(26(36-30)34-24(19-41)20-6-4-3-5-7-20)27-37-29(38-43-27)31-10-14-39(15-11-31)16-12-31/h3-9,17,24,41H,2,10-16,18-19H2,1H3,(H2,32,33,34,35,36)/t24-/m1/s1. The number of amides is 1. The van der Waals surface area contributed by atoms with Gasteiger partial charge in [-0.1, -0.05) is 42.4 Å². The minimum absolute atomic E-state index is 0.0104. The predicted octanol–water partition coefficient (Wildman–Crippen LogP) is 3.91. The summed E-state index contributed by atoms with van der Waals surface area (Å²) in [4.78, 5) is 35.8. The lowest BCUT2D eigenvalue weighted by molar-refractivity contribution is 0.0747. The van der Waals surface area contributed by atoms with Crippen LogP contribution in [0.3, 0.4) is 0 Å². The van der Waals surface area contributed by atoms with Gasteiger partial charge in [-0.05, 0) is 63.0 Å². The highest BCUT2D eigenvalue weighted by Gasteiger charge is 2.44. The summed E-state index contributed by atoms with van der Waals surface area (Å²) in [5.41, 5.74) is 2.75. The molecule has 8 rings (SSSR count). The second-order valence-electron chi connectivity index (χ2n) is 11.6. The molecule has 0 spiro atoms. The zero-order valence-corrected chi connectivity index (χ0v) is 24.2. The van der Waals surface area contributed by atoms with Crippen molar-refractivity contribution in [2.45, 2.75) is 50.6 Å². The monoisotopic (exact) mass is 581 g/mol. The molecule has 3 fully saturated rings. The molecule has 2 bridgehead atoms. The number of nitrogens with zero attached hydrogens (tertiary/aromatic N) is 7. The number of anilines is 3. The lowest BCUT2D eigenvalue weighted by Crippen LogP contribution is -2.51. The molecule has 0 radical (unpaired) electrons. The lowest BCUT2D eigenvalue weighted by Gasteiger charge is -2.46. The summed E-state index contributed by atoms with van der Waals surface area (Å²) in [7, 11) is 0. The Balaban J connectivity index is 1.20. The van der Waals surface area contributed by atoms with Crippen molar-refractivity contribution in [1.82, 2.24) is 34.9 Å². The van der Waals surface area contributed by atoms with E-state index in [1.807, 2.05) is 35.2 Å². The van der Waals surface area contributed by atoms with Crippen molar-refractivity contribution < 1.29 is 14.4 Å². The molecule has 0 saturated carbocycles. The van der Waals surface area contributed by atoms with Crippen molar-refractivity contribution in [3.63, 3.8) is 0 Å². The maximum Gasteiger partial charge on any atom is 0.263 e. The van der Waals surface area contributed by atoms with Gasteiger partial charge in [-0.2, -0.15) is 9.97 Å². The molecule has 7 heterocycles. The van der Waals surface area contributed by atoms with E-state index in [2.05, 4.69) is 37.6 Å². The Kier molecular flexibility index (Phi) is 7.23. The third kappa shape index (κ3) is 5.21. The van der Waals surface area contributed by atoms with Crippen molar-refractivity contribution >= 4 is 23.5 Å². The van der Waals surface area contributed by atoms with Crippen LogP contribution in [-0.4, -0.2) is 78.7 Å². The van der Waals surface area contributed by atoms with E-state index in [-0.39, 0.29) is 17.9 Å². The first-order valence-corrected chi connectivity index (χ1v) is 15.0. The number of aliphatic hydroxyl groups excluding tert-OH is 1. The van der Waals surface area contributed by atoms with Gasteiger partial charge in [-0.3, -0.25) is 4.79 Å². The van der Waals surface area contributed by atoms with Gasteiger partial charge in [0, 0.05) is 18.2 Å². The SMILES string of the molecule is CCCN1Cc2nc(Nc3ncc(-c4nc(C56CCN(CC5)CC6)no4)c(N[C@H](CO)c4ccccc4)n3)ccc2C1=O. The summed E-state index contributed by atoms with van der Waals surface area (Å²) in [6.45, 7) is 6.24. The first-order chi connectivity index (χ1) is 21.0. The number of benzene rings is 1. The molecule has 43 heavy (non-hydrogen) atoms. The minimum Gasteiger partial charge on any atom is -0.394 e. The molecular weight excluding hydrogens is 546 g/mol. The summed E-state index contributed by atoms with van der Waals surface area (Å²) >= 11 is 0. The highest BCUT2D eigenvalue weighted by molar-refractivity contribution is 5.98. The molecule has 0 aliphatic carbocycles. The van der Waals surface area contributed by atoms with E-state index in [1.54, 1.807) is 18.3 Å². The van der Waals surface area contributed by atoms with Crippen molar-refractivity contribution in [2.75, 3.05) is 43.4 Å². The summed E-state index contributed by atoms with van der Waals surface area (Å²) in [6, 6.07) is 12.8. The number of nitrogens with one attached hydrogen (secondary N) is 2. The van der Waals surface area contributed by atoms with Crippen molar-refractivity contribution in [3.8, 4) is 11.5 Å². The Morgan fingerprint density at radius 2 is 1.81 bits per heavy atom. The normalized spacial score (nSPS) is 21.6. The van der Waals surface area contributed by atoms with E-state index in [0.717, 1.165) is 62.4 Å². The van der Waals surface area contributed by atoms with E-state index in [0.29, 0.717) is 47.7 Å². The zero-order valence-electron chi connectivity index (χ0n) is 24.2. The molecule has 4 aliphatic rings. The number of hydrogen-bond acceptors (Lipinski definition) is 11. The van der Waals surface area contributed by atoms with Crippen LogP contribution in [0.5, 0.6) is 0 Å². The molecule has 3 saturated heterocycles. The van der Waals surface area contributed by atoms with Gasteiger partial charge in [0.25, 0.3) is 11.8 Å². The second kappa shape index (κ2) is 11.3. The number of hydrogen-bond donors (Lipinski definition) is 3. The van der Waals surface area contributed by atoms with Crippen LogP contribution in [0.1, 0.15) is 66.1 Å². The van der Waals surface area contributed by atoms with Gasteiger partial charge in [-0.15, -0.1) is 0 Å². The highest BCUT2D eigenvalue weighted by Crippen LogP contribution is 2.42. The molecule has 1 atom stereocenters. The van der Waals surface area contributed by atoms with E-state index in [1.165, 1.54) is 0 Å². The third-order valence-electron chi connectivity index (χ3n) is 8.90. The van der Waals surface area contributed by atoms with Crippen LogP contribution in [0, 0.1) is 0 Å². The fourth-order valence-electron chi connectivity index (χ4n) is 6.38. The number of rotatable bonds is 10. The quantitative estimate of drug-likeness (QED) is 0.251. The average Bonchev–Trinajstić information content (AvgIpc) is 3.67. The molecule has 1 amide bonds. The van der Waals surface area contributed by atoms with E-state index in [9.17, 15) is 9.90 Å². The van der Waals surface area contributed by atoms with Crippen LogP contribution in [0.25, 0.3) is 11.5 Å². The number of carbonyl (C=O) groups is 1. The van der Waals surface area contributed by atoms with Gasteiger partial charge in [0.15, 0.2) is 5.82 Å². The Bertz CT molecular complexity index is 1600. The van der Waals surface area contributed by atoms with Gasteiger partial charge >= 0.3 is 0 Å². The molecule has 222 valence electrons.